The summed E-state index contributed by atoms with van der Waals surface area (Å²) in [7, 11) is 0. The minimum Gasteiger partial charge on any atom is -0.354 e. The first-order valence-corrected chi connectivity index (χ1v) is 6.17. The molecule has 0 unspecified atom stereocenters. The maximum absolute atomic E-state index is 11.6. The summed E-state index contributed by atoms with van der Waals surface area (Å²) in [4.78, 5) is 15.8. The molecule has 4 nitrogen and oxygen atoms in total. The van der Waals surface area contributed by atoms with E-state index in [0.717, 1.165) is 31.4 Å². The van der Waals surface area contributed by atoms with Crippen molar-refractivity contribution in [3.63, 3.8) is 0 Å². The number of nitrogens with zero attached hydrogens (tertiary/aromatic N) is 1. The van der Waals surface area contributed by atoms with E-state index in [2.05, 4.69) is 17.2 Å². The summed E-state index contributed by atoms with van der Waals surface area (Å²) in [6, 6.07) is 5.39. The van der Waals surface area contributed by atoms with Gasteiger partial charge in [0.15, 0.2) is 0 Å². The number of amides is 1. The molecule has 0 saturated heterocycles. The first-order chi connectivity index (χ1) is 8.24. The van der Waals surface area contributed by atoms with Crippen molar-refractivity contribution < 1.29 is 4.79 Å². The number of nitrogens with two attached hydrogens (primary N) is 1. The van der Waals surface area contributed by atoms with Crippen molar-refractivity contribution in [1.82, 2.24) is 10.3 Å². The number of unbranched alkanes of at least 4 members (excludes halogenated alkanes) is 1. The van der Waals surface area contributed by atoms with Gasteiger partial charge in [-0.2, -0.15) is 0 Å². The van der Waals surface area contributed by atoms with Gasteiger partial charge in [0.2, 0.25) is 5.91 Å². The van der Waals surface area contributed by atoms with E-state index in [1.807, 2.05) is 18.2 Å². The van der Waals surface area contributed by atoms with Crippen LogP contribution in [0.3, 0.4) is 0 Å². The average molecular weight is 235 g/mol. The van der Waals surface area contributed by atoms with Crippen molar-refractivity contribution in [2.45, 2.75) is 38.6 Å². The van der Waals surface area contributed by atoms with Crippen LogP contribution in [0.15, 0.2) is 24.4 Å². The normalized spacial score (nSPS) is 12.1. The highest BCUT2D eigenvalue weighted by Crippen LogP contribution is 1.98. The molecule has 0 radical (unpaired) electrons. The highest BCUT2D eigenvalue weighted by molar-refractivity contribution is 5.81. The van der Waals surface area contributed by atoms with Crippen LogP contribution in [0.2, 0.25) is 0 Å². The van der Waals surface area contributed by atoms with Crippen molar-refractivity contribution in [2.75, 3.05) is 6.54 Å². The SMILES string of the molecule is CCCC[C@H](N)C(=O)NCCc1ccccn1. The van der Waals surface area contributed by atoms with Crippen LogP contribution in [-0.2, 0) is 11.2 Å². The topological polar surface area (TPSA) is 68.0 Å². The summed E-state index contributed by atoms with van der Waals surface area (Å²) in [5.41, 5.74) is 6.74. The maximum Gasteiger partial charge on any atom is 0.236 e. The lowest BCUT2D eigenvalue weighted by Gasteiger charge is -2.11. The fraction of sp³-hybridized carbons (Fsp3) is 0.538. The molecule has 1 heterocycles. The van der Waals surface area contributed by atoms with Crippen molar-refractivity contribution >= 4 is 5.91 Å². The Labute approximate surface area is 103 Å². The summed E-state index contributed by atoms with van der Waals surface area (Å²) >= 11 is 0. The Morgan fingerprint density at radius 2 is 2.35 bits per heavy atom. The summed E-state index contributed by atoms with van der Waals surface area (Å²) in [5.74, 6) is -0.0608. The third-order valence-corrected chi connectivity index (χ3v) is 2.61. The summed E-state index contributed by atoms with van der Waals surface area (Å²) in [6.07, 6.45) is 5.31. The molecule has 17 heavy (non-hydrogen) atoms. The van der Waals surface area contributed by atoms with E-state index >= 15 is 0 Å². The van der Waals surface area contributed by atoms with Crippen LogP contribution in [0.25, 0.3) is 0 Å². The van der Waals surface area contributed by atoms with E-state index in [1.54, 1.807) is 6.20 Å². The lowest BCUT2D eigenvalue weighted by molar-refractivity contribution is -0.122. The average Bonchev–Trinajstić information content (AvgIpc) is 2.37. The van der Waals surface area contributed by atoms with Gasteiger partial charge in [0, 0.05) is 24.9 Å². The van der Waals surface area contributed by atoms with Gasteiger partial charge in [-0.3, -0.25) is 9.78 Å². The molecule has 94 valence electrons. The second-order valence-corrected chi connectivity index (χ2v) is 4.11. The molecule has 1 aromatic rings. The third-order valence-electron chi connectivity index (χ3n) is 2.61. The fourth-order valence-electron chi connectivity index (χ4n) is 1.55. The number of hydrogen-bond acceptors (Lipinski definition) is 3. The molecular weight excluding hydrogens is 214 g/mol. The monoisotopic (exact) mass is 235 g/mol. The number of rotatable bonds is 7. The molecule has 1 amide bonds. The van der Waals surface area contributed by atoms with Crippen molar-refractivity contribution in [3.05, 3.63) is 30.1 Å². The number of hydrogen-bond donors (Lipinski definition) is 2. The third kappa shape index (κ3) is 5.45. The van der Waals surface area contributed by atoms with Gasteiger partial charge >= 0.3 is 0 Å². The van der Waals surface area contributed by atoms with Crippen LogP contribution in [-0.4, -0.2) is 23.5 Å². The first kappa shape index (κ1) is 13.6. The highest BCUT2D eigenvalue weighted by Gasteiger charge is 2.11. The van der Waals surface area contributed by atoms with Crippen LogP contribution >= 0.6 is 0 Å². The highest BCUT2D eigenvalue weighted by atomic mass is 16.2. The molecule has 0 bridgehead atoms. The molecule has 3 N–H and O–H groups in total. The van der Waals surface area contributed by atoms with Crippen LogP contribution in [0.1, 0.15) is 31.9 Å². The van der Waals surface area contributed by atoms with Gasteiger partial charge < -0.3 is 11.1 Å². The first-order valence-electron chi connectivity index (χ1n) is 6.17. The second-order valence-electron chi connectivity index (χ2n) is 4.11. The second kappa shape index (κ2) is 7.79. The molecule has 1 atom stereocenters. The fourth-order valence-corrected chi connectivity index (χ4v) is 1.55. The van der Waals surface area contributed by atoms with Gasteiger partial charge in [-0.1, -0.05) is 25.8 Å². The lowest BCUT2D eigenvalue weighted by Crippen LogP contribution is -2.41. The molecule has 0 aliphatic rings. The molecule has 0 spiro atoms. The molecule has 1 aromatic heterocycles. The van der Waals surface area contributed by atoms with Crippen molar-refractivity contribution in [1.29, 1.82) is 0 Å². The zero-order chi connectivity index (χ0) is 12.5. The van der Waals surface area contributed by atoms with Gasteiger partial charge in [0.1, 0.15) is 0 Å². The van der Waals surface area contributed by atoms with E-state index in [9.17, 15) is 4.79 Å². The van der Waals surface area contributed by atoms with Crippen molar-refractivity contribution in [3.8, 4) is 0 Å². The Morgan fingerprint density at radius 1 is 1.53 bits per heavy atom. The molecule has 0 aliphatic carbocycles. The zero-order valence-electron chi connectivity index (χ0n) is 10.4. The maximum atomic E-state index is 11.6. The van der Waals surface area contributed by atoms with Gasteiger partial charge in [0.25, 0.3) is 0 Å². The number of carbonyl (C=O) groups is 1. The van der Waals surface area contributed by atoms with Gasteiger partial charge in [-0.25, -0.2) is 0 Å². The zero-order valence-corrected chi connectivity index (χ0v) is 10.4. The Hall–Kier alpha value is -1.42. The van der Waals surface area contributed by atoms with E-state index in [0.29, 0.717) is 6.54 Å². The molecule has 0 fully saturated rings. The Balaban J connectivity index is 2.20. The van der Waals surface area contributed by atoms with Crippen molar-refractivity contribution in [2.24, 2.45) is 5.73 Å². The largest absolute Gasteiger partial charge is 0.354 e. The quantitative estimate of drug-likeness (QED) is 0.747. The molecule has 0 aromatic carbocycles. The molecule has 4 heteroatoms. The smallest absolute Gasteiger partial charge is 0.236 e. The molecule has 0 aliphatic heterocycles. The standard InChI is InChI=1S/C13H21N3O/c1-2-3-7-12(14)13(17)16-10-8-11-6-4-5-9-15-11/h4-6,9,12H,2-3,7-8,10,14H2,1H3,(H,16,17)/t12-/m0/s1. The van der Waals surface area contributed by atoms with Crippen LogP contribution < -0.4 is 11.1 Å². The summed E-state index contributed by atoms with van der Waals surface area (Å²) < 4.78 is 0. The van der Waals surface area contributed by atoms with Gasteiger partial charge in [-0.05, 0) is 18.6 Å². The van der Waals surface area contributed by atoms with Crippen LogP contribution in [0, 0.1) is 0 Å². The van der Waals surface area contributed by atoms with Gasteiger partial charge in [-0.15, -0.1) is 0 Å². The number of carbonyl (C=O) groups excluding carboxylic acids is 1. The lowest BCUT2D eigenvalue weighted by atomic mass is 10.1. The predicted molar refractivity (Wildman–Crippen MR) is 68.5 cm³/mol. The Kier molecular flexibility index (Phi) is 6.25. The van der Waals surface area contributed by atoms with Gasteiger partial charge in [0.05, 0.1) is 6.04 Å². The number of aromatic nitrogens is 1. The van der Waals surface area contributed by atoms with Crippen LogP contribution in [0.4, 0.5) is 0 Å². The minimum absolute atomic E-state index is 0.0608. The molecular formula is C13H21N3O. The van der Waals surface area contributed by atoms with E-state index in [1.165, 1.54) is 0 Å². The molecule has 1 rings (SSSR count). The number of pyridine rings is 1. The summed E-state index contributed by atoms with van der Waals surface area (Å²) in [5, 5.41) is 2.84. The number of nitrogens with one attached hydrogen (secondary N) is 1. The predicted octanol–water partition coefficient (Wildman–Crippen LogP) is 1.26. The van der Waals surface area contributed by atoms with E-state index in [4.69, 9.17) is 5.73 Å². The van der Waals surface area contributed by atoms with E-state index in [-0.39, 0.29) is 11.9 Å². The van der Waals surface area contributed by atoms with Crippen LogP contribution in [0.5, 0.6) is 0 Å². The summed E-state index contributed by atoms with van der Waals surface area (Å²) in [6.45, 7) is 2.68. The molecule has 0 saturated carbocycles. The minimum atomic E-state index is -0.376. The van der Waals surface area contributed by atoms with E-state index < -0.39 is 0 Å². The Morgan fingerprint density at radius 3 is 3.00 bits per heavy atom. The Bertz CT molecular complexity index is 327.